The van der Waals surface area contributed by atoms with Gasteiger partial charge < -0.3 is 10.6 Å². The molecule has 2 N–H and O–H groups in total. The molecule has 1 aliphatic heterocycles. The molecule has 0 aromatic heterocycles. The zero-order valence-corrected chi connectivity index (χ0v) is 13.9. The van der Waals surface area contributed by atoms with E-state index < -0.39 is 10.0 Å². The normalized spacial score (nSPS) is 20.0. The third kappa shape index (κ3) is 3.16. The summed E-state index contributed by atoms with van der Waals surface area (Å²) >= 11 is 0. The van der Waals surface area contributed by atoms with Crippen LogP contribution in [0.4, 0.5) is 11.4 Å². The third-order valence-electron chi connectivity index (χ3n) is 4.19. The van der Waals surface area contributed by atoms with Gasteiger partial charge in [-0.25, -0.2) is 12.7 Å². The number of rotatable bonds is 4. The fourth-order valence-corrected chi connectivity index (χ4v) is 3.81. The van der Waals surface area contributed by atoms with Gasteiger partial charge in [0, 0.05) is 26.7 Å². The summed E-state index contributed by atoms with van der Waals surface area (Å²) in [5, 5.41) is 0. The Bertz CT molecular complexity index is 599. The highest BCUT2D eigenvalue weighted by Crippen LogP contribution is 2.33. The van der Waals surface area contributed by atoms with E-state index in [1.807, 2.05) is 0 Å². The second-order valence-corrected chi connectivity index (χ2v) is 7.91. The molecule has 0 spiro atoms. The molecule has 0 amide bonds. The average Bonchev–Trinajstić information content (AvgIpc) is 2.47. The molecular weight excluding hydrogens is 286 g/mol. The van der Waals surface area contributed by atoms with Gasteiger partial charge >= 0.3 is 0 Å². The predicted molar refractivity (Wildman–Crippen MR) is 87.0 cm³/mol. The summed E-state index contributed by atoms with van der Waals surface area (Å²) in [6.45, 7) is 3.10. The molecule has 1 aromatic rings. The maximum Gasteiger partial charge on any atom is 0.242 e. The minimum atomic E-state index is -3.43. The first-order chi connectivity index (χ1) is 9.87. The lowest BCUT2D eigenvalue weighted by Crippen LogP contribution is -2.39. The van der Waals surface area contributed by atoms with Crippen LogP contribution in [0.3, 0.4) is 0 Å². The van der Waals surface area contributed by atoms with Crippen molar-refractivity contribution in [2.75, 3.05) is 31.3 Å². The zero-order valence-electron chi connectivity index (χ0n) is 13.0. The van der Waals surface area contributed by atoms with E-state index in [-0.39, 0.29) is 0 Å². The largest absolute Gasteiger partial charge is 0.397 e. The Morgan fingerprint density at radius 2 is 2.05 bits per heavy atom. The van der Waals surface area contributed by atoms with Gasteiger partial charge in [-0.2, -0.15) is 0 Å². The van der Waals surface area contributed by atoms with Crippen LogP contribution in [0, 0.1) is 0 Å². The van der Waals surface area contributed by atoms with Crippen LogP contribution in [0.25, 0.3) is 0 Å². The number of benzene rings is 1. The van der Waals surface area contributed by atoms with E-state index in [2.05, 4.69) is 11.8 Å². The van der Waals surface area contributed by atoms with Gasteiger partial charge in [0.1, 0.15) is 0 Å². The number of anilines is 2. The highest BCUT2D eigenvalue weighted by atomic mass is 32.2. The molecule has 0 saturated carbocycles. The summed E-state index contributed by atoms with van der Waals surface area (Å²) in [6, 6.07) is 5.45. The average molecular weight is 311 g/mol. The van der Waals surface area contributed by atoms with Crippen molar-refractivity contribution in [3.05, 3.63) is 18.2 Å². The van der Waals surface area contributed by atoms with E-state index in [1.165, 1.54) is 10.7 Å². The van der Waals surface area contributed by atoms with E-state index in [4.69, 9.17) is 5.73 Å². The Balaban J connectivity index is 2.44. The molecule has 0 radical (unpaired) electrons. The van der Waals surface area contributed by atoms with Crippen molar-refractivity contribution in [1.82, 2.24) is 4.31 Å². The molecule has 118 valence electrons. The second-order valence-electron chi connectivity index (χ2n) is 5.76. The lowest BCUT2D eigenvalue weighted by molar-refractivity contribution is 0.450. The van der Waals surface area contributed by atoms with Crippen molar-refractivity contribution in [2.45, 2.75) is 43.5 Å². The number of sulfonamides is 1. The van der Waals surface area contributed by atoms with Gasteiger partial charge in [-0.05, 0) is 43.9 Å². The summed E-state index contributed by atoms with van der Waals surface area (Å²) in [6.07, 6.45) is 4.54. The Kier molecular flexibility index (Phi) is 4.78. The molecule has 1 atom stereocenters. The topological polar surface area (TPSA) is 66.6 Å². The van der Waals surface area contributed by atoms with Crippen LogP contribution >= 0.6 is 0 Å². The van der Waals surface area contributed by atoms with Crippen molar-refractivity contribution < 1.29 is 8.42 Å². The van der Waals surface area contributed by atoms with Crippen LogP contribution in [0.1, 0.15) is 32.6 Å². The monoisotopic (exact) mass is 311 g/mol. The van der Waals surface area contributed by atoms with Gasteiger partial charge in [0.05, 0.1) is 16.3 Å². The van der Waals surface area contributed by atoms with Crippen LogP contribution in [-0.4, -0.2) is 39.4 Å². The first-order valence-electron chi connectivity index (χ1n) is 7.46. The minimum Gasteiger partial charge on any atom is -0.397 e. The molecule has 1 aromatic carbocycles. The molecule has 1 fully saturated rings. The Hall–Kier alpha value is -1.27. The molecule has 21 heavy (non-hydrogen) atoms. The SMILES string of the molecule is CCC1CCCCN1c1cc(S(=O)(=O)N(C)C)ccc1N. The quantitative estimate of drug-likeness (QED) is 0.866. The molecule has 1 saturated heterocycles. The fourth-order valence-electron chi connectivity index (χ4n) is 2.89. The van der Waals surface area contributed by atoms with E-state index in [9.17, 15) is 8.42 Å². The number of nitrogens with zero attached hydrogens (tertiary/aromatic N) is 2. The van der Waals surface area contributed by atoms with Crippen LogP contribution in [0.2, 0.25) is 0 Å². The van der Waals surface area contributed by atoms with Gasteiger partial charge in [0.15, 0.2) is 0 Å². The first kappa shape index (κ1) is 16.1. The molecule has 1 heterocycles. The number of hydrogen-bond acceptors (Lipinski definition) is 4. The van der Waals surface area contributed by atoms with Crippen molar-refractivity contribution in [1.29, 1.82) is 0 Å². The Morgan fingerprint density at radius 3 is 2.67 bits per heavy atom. The van der Waals surface area contributed by atoms with E-state index >= 15 is 0 Å². The van der Waals surface area contributed by atoms with E-state index in [0.29, 0.717) is 16.6 Å². The van der Waals surface area contributed by atoms with Crippen LogP contribution in [-0.2, 0) is 10.0 Å². The smallest absolute Gasteiger partial charge is 0.242 e. The lowest BCUT2D eigenvalue weighted by Gasteiger charge is -2.38. The van der Waals surface area contributed by atoms with Gasteiger partial charge in [-0.15, -0.1) is 0 Å². The molecule has 1 unspecified atom stereocenters. The molecule has 0 aliphatic carbocycles. The summed E-state index contributed by atoms with van der Waals surface area (Å²) in [7, 11) is -0.342. The van der Waals surface area contributed by atoms with Gasteiger partial charge in [0.2, 0.25) is 10.0 Å². The maximum absolute atomic E-state index is 12.3. The Morgan fingerprint density at radius 1 is 1.33 bits per heavy atom. The van der Waals surface area contributed by atoms with Crippen molar-refractivity contribution in [3.63, 3.8) is 0 Å². The molecular formula is C15H25N3O2S. The number of nitrogen functional groups attached to an aromatic ring is 1. The standard InChI is InChI=1S/C15H25N3O2S/c1-4-12-7-5-6-10-18(12)15-11-13(8-9-14(15)16)21(19,20)17(2)3/h8-9,11-12H,4-7,10,16H2,1-3H3. The van der Waals surface area contributed by atoms with Gasteiger partial charge in [0.25, 0.3) is 0 Å². The molecule has 6 heteroatoms. The van der Waals surface area contributed by atoms with Crippen LogP contribution < -0.4 is 10.6 Å². The zero-order chi connectivity index (χ0) is 15.6. The number of piperidine rings is 1. The lowest BCUT2D eigenvalue weighted by atomic mass is 9.99. The van der Waals surface area contributed by atoms with Gasteiger partial charge in [-0.1, -0.05) is 6.92 Å². The van der Waals surface area contributed by atoms with Crippen molar-refractivity contribution in [2.24, 2.45) is 0 Å². The van der Waals surface area contributed by atoms with Crippen LogP contribution in [0.5, 0.6) is 0 Å². The minimum absolute atomic E-state index is 0.303. The number of nitrogens with two attached hydrogens (primary N) is 1. The first-order valence-corrected chi connectivity index (χ1v) is 8.90. The van der Waals surface area contributed by atoms with Crippen molar-refractivity contribution in [3.8, 4) is 0 Å². The highest BCUT2D eigenvalue weighted by Gasteiger charge is 2.25. The molecule has 0 bridgehead atoms. The van der Waals surface area contributed by atoms with E-state index in [0.717, 1.165) is 31.5 Å². The Labute approximate surface area is 127 Å². The molecule has 1 aliphatic rings. The predicted octanol–water partition coefficient (Wildman–Crippen LogP) is 2.29. The second kappa shape index (κ2) is 6.23. The summed E-state index contributed by atoms with van der Waals surface area (Å²) < 4.78 is 25.8. The molecule has 5 nitrogen and oxygen atoms in total. The number of hydrogen-bond donors (Lipinski definition) is 1. The fraction of sp³-hybridized carbons (Fsp3) is 0.600. The highest BCUT2D eigenvalue weighted by molar-refractivity contribution is 7.89. The summed E-state index contributed by atoms with van der Waals surface area (Å²) in [4.78, 5) is 2.57. The summed E-state index contributed by atoms with van der Waals surface area (Å²) in [5.74, 6) is 0. The van der Waals surface area contributed by atoms with Crippen LogP contribution in [0.15, 0.2) is 23.1 Å². The summed E-state index contributed by atoms with van der Waals surface area (Å²) in [5.41, 5.74) is 7.60. The molecule has 2 rings (SSSR count). The maximum atomic E-state index is 12.3. The van der Waals surface area contributed by atoms with Crippen molar-refractivity contribution >= 4 is 21.4 Å². The third-order valence-corrected chi connectivity index (χ3v) is 6.00. The van der Waals surface area contributed by atoms with E-state index in [1.54, 1.807) is 32.3 Å². The van der Waals surface area contributed by atoms with Gasteiger partial charge in [-0.3, -0.25) is 0 Å².